The summed E-state index contributed by atoms with van der Waals surface area (Å²) in [5, 5.41) is 9.74. The Bertz CT molecular complexity index is 792. The van der Waals surface area contributed by atoms with Gasteiger partial charge in [-0.25, -0.2) is 4.98 Å². The van der Waals surface area contributed by atoms with Crippen molar-refractivity contribution in [3.05, 3.63) is 40.6 Å². The Morgan fingerprint density at radius 2 is 2.00 bits per heavy atom. The highest BCUT2D eigenvalue weighted by Gasteiger charge is 2.16. The molecule has 0 atom stereocenters. The van der Waals surface area contributed by atoms with Crippen LogP contribution in [-0.4, -0.2) is 24.2 Å². The summed E-state index contributed by atoms with van der Waals surface area (Å²) in [7, 11) is 3.84. The first-order valence-electron chi connectivity index (χ1n) is 5.80. The van der Waals surface area contributed by atoms with Gasteiger partial charge in [0.2, 0.25) is 11.2 Å². The lowest BCUT2D eigenvalue weighted by atomic mass is 10.2. The highest BCUT2D eigenvalue weighted by Crippen LogP contribution is 2.31. The van der Waals surface area contributed by atoms with Crippen LogP contribution in [0.3, 0.4) is 0 Å². The van der Waals surface area contributed by atoms with Crippen molar-refractivity contribution in [1.82, 2.24) is 4.98 Å². The fraction of sp³-hybridized carbons (Fsp3) is 0.143. The van der Waals surface area contributed by atoms with Crippen LogP contribution in [0.4, 0.5) is 5.69 Å². The number of nitrogens with zero attached hydrogens (tertiary/aromatic N) is 2. The van der Waals surface area contributed by atoms with Crippen molar-refractivity contribution in [3.63, 3.8) is 0 Å². The topological polar surface area (TPSA) is 66.6 Å². The van der Waals surface area contributed by atoms with Crippen molar-refractivity contribution in [3.8, 4) is 17.2 Å². The fourth-order valence-electron chi connectivity index (χ4n) is 1.93. The molecule has 0 spiro atoms. The van der Waals surface area contributed by atoms with Crippen molar-refractivity contribution in [2.24, 2.45) is 0 Å². The molecule has 1 N–H and O–H groups in total. The Kier molecular flexibility index (Phi) is 2.41. The van der Waals surface area contributed by atoms with Crippen molar-refractivity contribution < 1.29 is 9.52 Å². The van der Waals surface area contributed by atoms with E-state index in [1.807, 2.05) is 37.2 Å². The van der Waals surface area contributed by atoms with Crippen LogP contribution in [0.5, 0.6) is 5.75 Å². The minimum atomic E-state index is -0.471. The van der Waals surface area contributed by atoms with Crippen LogP contribution in [0.2, 0.25) is 0 Å². The maximum atomic E-state index is 11.4. The molecule has 0 bridgehead atoms. The standard InChI is InChI=1S/C14H12N2O3/c1-16(2)8-3-4-9-12(7-8)19-14-10(15-9)5-6-11(17)13(14)18/h3-7,18H,1-2H3. The minimum Gasteiger partial charge on any atom is -0.501 e. The number of rotatable bonds is 1. The largest absolute Gasteiger partial charge is 0.501 e. The predicted molar refractivity (Wildman–Crippen MR) is 72.9 cm³/mol. The second-order valence-electron chi connectivity index (χ2n) is 4.52. The maximum Gasteiger partial charge on any atom is 0.224 e. The zero-order valence-corrected chi connectivity index (χ0v) is 10.5. The van der Waals surface area contributed by atoms with E-state index in [9.17, 15) is 9.90 Å². The summed E-state index contributed by atoms with van der Waals surface area (Å²) >= 11 is 0. The molecule has 0 unspecified atom stereocenters. The average molecular weight is 256 g/mol. The second kappa shape index (κ2) is 3.98. The van der Waals surface area contributed by atoms with Crippen molar-refractivity contribution in [1.29, 1.82) is 0 Å². The lowest BCUT2D eigenvalue weighted by Gasteiger charge is -2.13. The van der Waals surface area contributed by atoms with Gasteiger partial charge in [0.1, 0.15) is 11.2 Å². The van der Waals surface area contributed by atoms with Crippen molar-refractivity contribution in [2.45, 2.75) is 0 Å². The first-order valence-corrected chi connectivity index (χ1v) is 5.80. The van der Waals surface area contributed by atoms with E-state index in [0.717, 1.165) is 5.69 Å². The zero-order valence-electron chi connectivity index (χ0n) is 10.5. The average Bonchev–Trinajstić information content (AvgIpc) is 2.41. The van der Waals surface area contributed by atoms with Gasteiger partial charge in [-0.3, -0.25) is 4.79 Å². The minimum absolute atomic E-state index is 0.121. The van der Waals surface area contributed by atoms with E-state index in [1.54, 1.807) is 6.07 Å². The first-order chi connectivity index (χ1) is 9.06. The third-order valence-electron chi connectivity index (χ3n) is 2.99. The number of hydrogen-bond donors (Lipinski definition) is 1. The Morgan fingerprint density at radius 1 is 1.21 bits per heavy atom. The zero-order chi connectivity index (χ0) is 13.6. The fourth-order valence-corrected chi connectivity index (χ4v) is 1.93. The van der Waals surface area contributed by atoms with Crippen LogP contribution in [0.15, 0.2) is 39.5 Å². The molecule has 0 saturated carbocycles. The molecule has 0 amide bonds. The molecule has 1 heterocycles. The summed E-state index contributed by atoms with van der Waals surface area (Å²) in [6, 6.07) is 8.41. The van der Waals surface area contributed by atoms with Crippen LogP contribution in [0.25, 0.3) is 22.6 Å². The van der Waals surface area contributed by atoms with Gasteiger partial charge in [-0.05, 0) is 24.3 Å². The van der Waals surface area contributed by atoms with Gasteiger partial charge in [0.15, 0.2) is 11.3 Å². The quantitative estimate of drug-likeness (QED) is 0.675. The number of benzene rings is 2. The van der Waals surface area contributed by atoms with Crippen LogP contribution in [0, 0.1) is 0 Å². The monoisotopic (exact) mass is 256 g/mol. The van der Waals surface area contributed by atoms with E-state index >= 15 is 0 Å². The van der Waals surface area contributed by atoms with E-state index in [2.05, 4.69) is 4.98 Å². The van der Waals surface area contributed by atoms with Gasteiger partial charge in [0.05, 0.1) is 0 Å². The Balaban J connectivity index is 2.37. The lowest BCUT2D eigenvalue weighted by Crippen LogP contribution is -2.08. The van der Waals surface area contributed by atoms with E-state index < -0.39 is 11.2 Å². The number of aromatic hydroxyl groups is 1. The SMILES string of the molecule is CN(C)c1ccc2nc3ccc(=O)c(O)c-3oc2c1. The van der Waals surface area contributed by atoms with Crippen LogP contribution >= 0.6 is 0 Å². The molecule has 0 aromatic heterocycles. The van der Waals surface area contributed by atoms with Gasteiger partial charge >= 0.3 is 0 Å². The summed E-state index contributed by atoms with van der Waals surface area (Å²) in [6.07, 6.45) is 0. The van der Waals surface area contributed by atoms with Gasteiger partial charge in [0.25, 0.3) is 0 Å². The predicted octanol–water partition coefficient (Wildman–Crippen LogP) is 2.06. The number of phenols is 1. The number of hydrogen-bond acceptors (Lipinski definition) is 5. The summed E-state index contributed by atoms with van der Waals surface area (Å²) in [5.41, 5.74) is 2.15. The molecule has 0 saturated heterocycles. The first kappa shape index (κ1) is 11.5. The molecule has 1 aliphatic heterocycles. The van der Waals surface area contributed by atoms with Gasteiger partial charge < -0.3 is 14.4 Å². The van der Waals surface area contributed by atoms with E-state index in [0.29, 0.717) is 16.8 Å². The van der Waals surface area contributed by atoms with E-state index in [1.165, 1.54) is 6.07 Å². The normalized spacial score (nSPS) is 11.1. The molecule has 1 aliphatic carbocycles. The van der Waals surface area contributed by atoms with Gasteiger partial charge in [0, 0.05) is 25.8 Å². The van der Waals surface area contributed by atoms with Gasteiger partial charge in [-0.1, -0.05) is 0 Å². The molecule has 5 heteroatoms. The second-order valence-corrected chi connectivity index (χ2v) is 4.52. The van der Waals surface area contributed by atoms with Gasteiger partial charge in [-0.2, -0.15) is 0 Å². The van der Waals surface area contributed by atoms with Crippen LogP contribution in [-0.2, 0) is 0 Å². The van der Waals surface area contributed by atoms with Crippen LogP contribution < -0.4 is 10.3 Å². The van der Waals surface area contributed by atoms with Crippen LogP contribution in [0.1, 0.15) is 0 Å². The highest BCUT2D eigenvalue weighted by atomic mass is 16.4. The Morgan fingerprint density at radius 3 is 2.74 bits per heavy atom. The molecular weight excluding hydrogens is 244 g/mol. The smallest absolute Gasteiger partial charge is 0.224 e. The Hall–Kier alpha value is -2.56. The summed E-state index contributed by atoms with van der Waals surface area (Å²) in [6.45, 7) is 0. The summed E-state index contributed by atoms with van der Waals surface area (Å²) in [5.74, 6) is -0.280. The number of aromatic nitrogens is 1. The number of anilines is 1. The van der Waals surface area contributed by atoms with E-state index in [4.69, 9.17) is 4.42 Å². The summed E-state index contributed by atoms with van der Waals surface area (Å²) in [4.78, 5) is 17.7. The van der Waals surface area contributed by atoms with Crippen molar-refractivity contribution >= 4 is 16.8 Å². The molecule has 5 nitrogen and oxygen atoms in total. The summed E-state index contributed by atoms with van der Waals surface area (Å²) < 4.78 is 5.61. The highest BCUT2D eigenvalue weighted by molar-refractivity contribution is 5.81. The molecule has 1 aromatic rings. The van der Waals surface area contributed by atoms with Gasteiger partial charge in [-0.15, -0.1) is 0 Å². The third-order valence-corrected chi connectivity index (χ3v) is 2.99. The molecule has 3 rings (SSSR count). The third kappa shape index (κ3) is 1.79. The Labute approximate surface area is 109 Å². The lowest BCUT2D eigenvalue weighted by molar-refractivity contribution is 0.449. The molecule has 19 heavy (non-hydrogen) atoms. The molecular formula is C14H12N2O3. The molecule has 96 valence electrons. The molecule has 0 fully saturated rings. The van der Waals surface area contributed by atoms with Crippen molar-refractivity contribution in [2.75, 3.05) is 19.0 Å². The molecule has 2 aliphatic rings. The molecule has 0 radical (unpaired) electrons. The molecule has 1 aromatic carbocycles. The maximum absolute atomic E-state index is 11.4. The van der Waals surface area contributed by atoms with E-state index in [-0.39, 0.29) is 5.76 Å². The number of fused-ring (bicyclic) bond motifs is 2. The number of phenolic OH excluding ortho intramolecular Hbond substituents is 1.